The Hall–Kier alpha value is -1.71. The molecule has 1 atom stereocenters. The van der Waals surface area contributed by atoms with Crippen molar-refractivity contribution in [1.82, 2.24) is 9.88 Å². The maximum atomic E-state index is 4.61. The number of rotatable bonds is 1. The lowest BCUT2D eigenvalue weighted by Gasteiger charge is -2.32. The van der Waals surface area contributed by atoms with Gasteiger partial charge in [0.2, 0.25) is 0 Å². The monoisotopic (exact) mass is 280 g/mol. The number of benzene rings is 1. The Bertz CT molecular complexity index is 762. The van der Waals surface area contributed by atoms with Gasteiger partial charge in [-0.1, -0.05) is 24.3 Å². The minimum Gasteiger partial charge on any atom is -0.301 e. The summed E-state index contributed by atoms with van der Waals surface area (Å²) in [7, 11) is 2.19. The van der Waals surface area contributed by atoms with Crippen LogP contribution in [0.4, 0.5) is 0 Å². The highest BCUT2D eigenvalue weighted by Gasteiger charge is 2.24. The topological polar surface area (TPSA) is 16.1 Å². The summed E-state index contributed by atoms with van der Waals surface area (Å²) in [6.07, 6.45) is 2.06. The number of fused-ring (bicyclic) bond motifs is 2. The van der Waals surface area contributed by atoms with Crippen molar-refractivity contribution in [2.75, 3.05) is 13.6 Å². The van der Waals surface area contributed by atoms with E-state index in [2.05, 4.69) is 64.9 Å². The smallest absolute Gasteiger partial charge is 0.123 e. The molecular weight excluding hydrogens is 264 g/mol. The van der Waals surface area contributed by atoms with E-state index >= 15 is 0 Å². The van der Waals surface area contributed by atoms with Crippen molar-refractivity contribution in [2.24, 2.45) is 0 Å². The summed E-state index contributed by atoms with van der Waals surface area (Å²) in [6.45, 7) is 2.11. The molecular formula is C17H16N2S. The zero-order valence-corrected chi connectivity index (χ0v) is 12.2. The first kappa shape index (κ1) is 12.1. The second-order valence-electron chi connectivity index (χ2n) is 5.53. The van der Waals surface area contributed by atoms with Crippen molar-refractivity contribution in [1.29, 1.82) is 0 Å². The van der Waals surface area contributed by atoms with Gasteiger partial charge in [0.05, 0.1) is 0 Å². The second-order valence-corrected chi connectivity index (χ2v) is 6.43. The molecule has 1 aliphatic rings. The summed E-state index contributed by atoms with van der Waals surface area (Å²) in [5, 5.41) is 3.38. The van der Waals surface area contributed by atoms with Crippen LogP contribution in [0.25, 0.3) is 10.2 Å². The molecule has 3 aromatic rings. The van der Waals surface area contributed by atoms with Crippen molar-refractivity contribution in [3.05, 3.63) is 64.7 Å². The summed E-state index contributed by atoms with van der Waals surface area (Å²) < 4.78 is 0. The van der Waals surface area contributed by atoms with Gasteiger partial charge in [0.15, 0.2) is 0 Å². The van der Waals surface area contributed by atoms with Gasteiger partial charge in [-0.05, 0) is 41.3 Å². The first-order valence-electron chi connectivity index (χ1n) is 6.91. The quantitative estimate of drug-likeness (QED) is 0.672. The molecule has 0 amide bonds. The standard InChI is InChI=1S/C17H16N2S/c1-19-10-13-4-2-3-5-15(13)16(11-19)14-8-12-6-7-20-17(12)18-9-14/h2-9,16H,10-11H2,1H3. The Morgan fingerprint density at radius 2 is 2.15 bits per heavy atom. The number of nitrogens with zero attached hydrogens (tertiary/aromatic N) is 2. The molecule has 3 heteroatoms. The highest BCUT2D eigenvalue weighted by Crippen LogP contribution is 2.34. The highest BCUT2D eigenvalue weighted by atomic mass is 32.1. The first-order chi connectivity index (χ1) is 9.81. The molecule has 0 saturated carbocycles. The van der Waals surface area contributed by atoms with Crippen LogP contribution in [-0.2, 0) is 6.54 Å². The van der Waals surface area contributed by atoms with Crippen LogP contribution in [0.5, 0.6) is 0 Å². The maximum absolute atomic E-state index is 4.61. The van der Waals surface area contributed by atoms with E-state index in [1.54, 1.807) is 11.3 Å². The minimum absolute atomic E-state index is 0.432. The second kappa shape index (κ2) is 4.69. The zero-order valence-electron chi connectivity index (χ0n) is 11.4. The highest BCUT2D eigenvalue weighted by molar-refractivity contribution is 7.16. The normalized spacial score (nSPS) is 19.1. The molecule has 1 aliphatic heterocycles. The van der Waals surface area contributed by atoms with E-state index in [1.165, 1.54) is 22.1 Å². The average molecular weight is 280 g/mol. The van der Waals surface area contributed by atoms with Crippen LogP contribution in [0, 0.1) is 0 Å². The first-order valence-corrected chi connectivity index (χ1v) is 7.79. The van der Waals surface area contributed by atoms with Crippen LogP contribution in [0.3, 0.4) is 0 Å². The summed E-state index contributed by atoms with van der Waals surface area (Å²) in [5.41, 5.74) is 4.23. The van der Waals surface area contributed by atoms with Gasteiger partial charge in [-0.3, -0.25) is 0 Å². The number of thiophene rings is 1. The van der Waals surface area contributed by atoms with E-state index in [0.717, 1.165) is 17.9 Å². The third-order valence-electron chi connectivity index (χ3n) is 4.09. The minimum atomic E-state index is 0.432. The molecule has 4 rings (SSSR count). The molecule has 3 heterocycles. The Morgan fingerprint density at radius 1 is 1.25 bits per heavy atom. The van der Waals surface area contributed by atoms with Crippen LogP contribution in [0.2, 0.25) is 0 Å². The molecule has 0 fully saturated rings. The van der Waals surface area contributed by atoms with Gasteiger partial charge in [0.25, 0.3) is 0 Å². The molecule has 0 saturated heterocycles. The molecule has 1 aromatic carbocycles. The SMILES string of the molecule is CN1Cc2ccccc2C(c2cnc3sccc3c2)C1. The lowest BCUT2D eigenvalue weighted by molar-refractivity contribution is 0.295. The van der Waals surface area contributed by atoms with E-state index in [-0.39, 0.29) is 0 Å². The molecule has 0 spiro atoms. The number of aromatic nitrogens is 1. The summed E-state index contributed by atoms with van der Waals surface area (Å²) >= 11 is 1.71. The summed E-state index contributed by atoms with van der Waals surface area (Å²) in [5.74, 6) is 0.432. The van der Waals surface area contributed by atoms with Gasteiger partial charge in [0.1, 0.15) is 4.83 Å². The van der Waals surface area contributed by atoms with Crippen LogP contribution in [0.15, 0.2) is 48.0 Å². The van der Waals surface area contributed by atoms with Crippen LogP contribution in [0.1, 0.15) is 22.6 Å². The Balaban J connectivity index is 1.84. The Morgan fingerprint density at radius 3 is 3.10 bits per heavy atom. The molecule has 0 radical (unpaired) electrons. The molecule has 0 N–H and O–H groups in total. The zero-order chi connectivity index (χ0) is 13.5. The lowest BCUT2D eigenvalue weighted by Crippen LogP contribution is -2.30. The van der Waals surface area contributed by atoms with Gasteiger partial charge < -0.3 is 4.90 Å². The van der Waals surface area contributed by atoms with Crippen LogP contribution >= 0.6 is 11.3 Å². The predicted molar refractivity (Wildman–Crippen MR) is 84.2 cm³/mol. The van der Waals surface area contributed by atoms with Crippen LogP contribution < -0.4 is 0 Å². The van der Waals surface area contributed by atoms with Crippen molar-refractivity contribution < 1.29 is 0 Å². The number of pyridine rings is 1. The largest absolute Gasteiger partial charge is 0.301 e. The fourth-order valence-corrected chi connectivity index (χ4v) is 3.86. The molecule has 0 aliphatic carbocycles. The van der Waals surface area contributed by atoms with Gasteiger partial charge >= 0.3 is 0 Å². The third kappa shape index (κ3) is 1.94. The van der Waals surface area contributed by atoms with Gasteiger partial charge in [-0.25, -0.2) is 4.98 Å². The average Bonchev–Trinajstić information content (AvgIpc) is 2.93. The summed E-state index contributed by atoms with van der Waals surface area (Å²) in [4.78, 5) is 8.14. The number of hydrogen-bond acceptors (Lipinski definition) is 3. The maximum Gasteiger partial charge on any atom is 0.123 e. The lowest BCUT2D eigenvalue weighted by atomic mass is 9.85. The van der Waals surface area contributed by atoms with Crippen molar-refractivity contribution in [3.63, 3.8) is 0 Å². The van der Waals surface area contributed by atoms with Gasteiger partial charge in [0, 0.05) is 30.6 Å². The number of hydrogen-bond donors (Lipinski definition) is 0. The fraction of sp³-hybridized carbons (Fsp3) is 0.235. The van der Waals surface area contributed by atoms with E-state index in [1.807, 2.05) is 0 Å². The molecule has 20 heavy (non-hydrogen) atoms. The number of likely N-dealkylation sites (N-methyl/N-ethyl adjacent to an activating group) is 1. The van der Waals surface area contributed by atoms with Crippen molar-refractivity contribution in [2.45, 2.75) is 12.5 Å². The molecule has 2 aromatic heterocycles. The van der Waals surface area contributed by atoms with Crippen LogP contribution in [-0.4, -0.2) is 23.5 Å². The van der Waals surface area contributed by atoms with Gasteiger partial charge in [-0.15, -0.1) is 11.3 Å². The van der Waals surface area contributed by atoms with Gasteiger partial charge in [-0.2, -0.15) is 0 Å². The van der Waals surface area contributed by atoms with Crippen molar-refractivity contribution >= 4 is 21.6 Å². The van der Waals surface area contributed by atoms with E-state index in [9.17, 15) is 0 Å². The Kier molecular flexibility index (Phi) is 2.83. The Labute approximate surface area is 122 Å². The fourth-order valence-electron chi connectivity index (χ4n) is 3.13. The molecule has 0 bridgehead atoms. The third-order valence-corrected chi connectivity index (χ3v) is 4.93. The summed E-state index contributed by atoms with van der Waals surface area (Å²) in [6, 6.07) is 13.3. The molecule has 100 valence electrons. The van der Waals surface area contributed by atoms with E-state index < -0.39 is 0 Å². The molecule has 1 unspecified atom stereocenters. The predicted octanol–water partition coefficient (Wildman–Crippen LogP) is 3.87. The van der Waals surface area contributed by atoms with Crippen molar-refractivity contribution in [3.8, 4) is 0 Å². The van der Waals surface area contributed by atoms with E-state index in [4.69, 9.17) is 0 Å². The van der Waals surface area contributed by atoms with E-state index in [0.29, 0.717) is 5.92 Å². The molecule has 2 nitrogen and oxygen atoms in total.